The molecule has 2 heterocycles. The second kappa shape index (κ2) is 5.08. The number of amides is 1. The highest BCUT2D eigenvalue weighted by Gasteiger charge is 2.54. The predicted molar refractivity (Wildman–Crippen MR) is 81.1 cm³/mol. The fraction of sp³-hybridized carbons (Fsp3) is 0.529. The number of para-hydroxylation sites is 1. The van der Waals surface area contributed by atoms with Crippen LogP contribution in [0.2, 0.25) is 0 Å². The molecule has 1 aliphatic carbocycles. The van der Waals surface area contributed by atoms with E-state index in [1.807, 2.05) is 29.2 Å². The van der Waals surface area contributed by atoms with Crippen LogP contribution in [-0.2, 0) is 14.9 Å². The Morgan fingerprint density at radius 1 is 1.41 bits per heavy atom. The summed E-state index contributed by atoms with van der Waals surface area (Å²) in [5.74, 6) is 0.0140. The topological polar surface area (TPSA) is 65.4 Å². The van der Waals surface area contributed by atoms with Gasteiger partial charge < -0.3 is 10.1 Å². The summed E-state index contributed by atoms with van der Waals surface area (Å²) in [4.78, 5) is 14.6. The van der Waals surface area contributed by atoms with Gasteiger partial charge >= 0.3 is 0 Å². The Balaban J connectivity index is 1.58. The summed E-state index contributed by atoms with van der Waals surface area (Å²) in [7, 11) is 0. The third kappa shape index (κ3) is 1.95. The van der Waals surface area contributed by atoms with E-state index >= 15 is 0 Å². The minimum absolute atomic E-state index is 0.0140. The minimum Gasteiger partial charge on any atom is -0.363 e. The molecule has 1 aromatic carbocycles. The molecular weight excluding hydrogens is 278 g/mol. The van der Waals surface area contributed by atoms with Gasteiger partial charge in [0.1, 0.15) is 12.8 Å². The third-order valence-corrected chi connectivity index (χ3v) is 5.26. The van der Waals surface area contributed by atoms with Crippen LogP contribution in [0.25, 0.3) is 0 Å². The van der Waals surface area contributed by atoms with Gasteiger partial charge in [-0.25, -0.2) is 0 Å². The van der Waals surface area contributed by atoms with Crippen LogP contribution in [0.3, 0.4) is 0 Å². The number of nitrogens with zero attached hydrogens (tertiary/aromatic N) is 2. The standard InChI is InChI=1S/C17H19N3O2/c18-9-12-8-17(10-20(12)11-22-13-4-3-5-13)14-6-1-2-7-15(14)19-16(17)21/h1-2,6-7,12-13H,3-5,8,10-11H2,(H,19,21)/t12-,17-/m0/s1. The van der Waals surface area contributed by atoms with Crippen LogP contribution in [0, 0.1) is 11.3 Å². The SMILES string of the molecule is N#C[C@@H]1C[C@@]2(CN1COC1CCC1)C(=O)Nc1ccccc12. The number of likely N-dealkylation sites (tertiary alicyclic amines) is 1. The molecule has 5 heteroatoms. The fourth-order valence-corrected chi connectivity index (χ4v) is 3.72. The van der Waals surface area contributed by atoms with E-state index in [0.717, 1.165) is 24.1 Å². The molecule has 1 N–H and O–H groups in total. The number of nitrogens with one attached hydrogen (secondary N) is 1. The van der Waals surface area contributed by atoms with Gasteiger partial charge in [-0.3, -0.25) is 9.69 Å². The Labute approximate surface area is 129 Å². The number of anilines is 1. The van der Waals surface area contributed by atoms with Crippen molar-refractivity contribution < 1.29 is 9.53 Å². The lowest BCUT2D eigenvalue weighted by Crippen LogP contribution is -2.39. The summed E-state index contributed by atoms with van der Waals surface area (Å²) in [6.45, 7) is 1.00. The van der Waals surface area contributed by atoms with Gasteiger partial charge in [-0.15, -0.1) is 0 Å². The maximum atomic E-state index is 12.6. The van der Waals surface area contributed by atoms with Crippen molar-refractivity contribution in [3.05, 3.63) is 29.8 Å². The molecular formula is C17H19N3O2. The second-order valence-electron chi connectivity index (χ2n) is 6.53. The summed E-state index contributed by atoms with van der Waals surface area (Å²) in [5.41, 5.74) is 1.30. The first-order valence-corrected chi connectivity index (χ1v) is 7.89. The summed E-state index contributed by atoms with van der Waals surface area (Å²) in [6, 6.07) is 9.88. The number of hydrogen-bond donors (Lipinski definition) is 1. The molecule has 5 nitrogen and oxygen atoms in total. The Kier molecular flexibility index (Phi) is 3.17. The molecule has 2 atom stereocenters. The lowest BCUT2D eigenvalue weighted by Gasteiger charge is -2.29. The summed E-state index contributed by atoms with van der Waals surface area (Å²) >= 11 is 0. The number of benzene rings is 1. The first kappa shape index (κ1) is 13.7. The molecule has 1 spiro atoms. The van der Waals surface area contributed by atoms with Crippen LogP contribution in [0.15, 0.2) is 24.3 Å². The maximum absolute atomic E-state index is 12.6. The number of carbonyl (C=O) groups is 1. The molecule has 0 radical (unpaired) electrons. The van der Waals surface area contributed by atoms with E-state index in [1.54, 1.807) is 0 Å². The van der Waals surface area contributed by atoms with E-state index in [0.29, 0.717) is 25.8 Å². The second-order valence-corrected chi connectivity index (χ2v) is 6.53. The van der Waals surface area contributed by atoms with Crippen LogP contribution in [-0.4, -0.2) is 36.2 Å². The monoisotopic (exact) mass is 297 g/mol. The molecule has 2 fully saturated rings. The molecule has 1 amide bonds. The van der Waals surface area contributed by atoms with E-state index in [1.165, 1.54) is 6.42 Å². The number of nitriles is 1. The van der Waals surface area contributed by atoms with Crippen LogP contribution in [0.4, 0.5) is 5.69 Å². The lowest BCUT2D eigenvalue weighted by molar-refractivity contribution is -0.120. The van der Waals surface area contributed by atoms with E-state index in [-0.39, 0.29) is 11.9 Å². The lowest BCUT2D eigenvalue weighted by atomic mass is 9.80. The van der Waals surface area contributed by atoms with Crippen molar-refractivity contribution in [2.75, 3.05) is 18.6 Å². The zero-order valence-corrected chi connectivity index (χ0v) is 12.4. The van der Waals surface area contributed by atoms with Crippen LogP contribution < -0.4 is 5.32 Å². The Morgan fingerprint density at radius 3 is 2.95 bits per heavy atom. The number of hydrogen-bond acceptors (Lipinski definition) is 4. The van der Waals surface area contributed by atoms with Crippen molar-refractivity contribution in [1.82, 2.24) is 4.90 Å². The summed E-state index contributed by atoms with van der Waals surface area (Å²) < 4.78 is 5.86. The zero-order chi connectivity index (χ0) is 15.2. The molecule has 3 aliphatic rings. The molecule has 1 aromatic rings. The van der Waals surface area contributed by atoms with Crippen LogP contribution >= 0.6 is 0 Å². The largest absolute Gasteiger partial charge is 0.363 e. The van der Waals surface area contributed by atoms with Crippen LogP contribution in [0.1, 0.15) is 31.2 Å². The number of carbonyl (C=O) groups excluding carboxylic acids is 1. The van der Waals surface area contributed by atoms with E-state index < -0.39 is 5.41 Å². The summed E-state index contributed by atoms with van der Waals surface area (Å²) in [6.07, 6.45) is 4.33. The molecule has 1 saturated carbocycles. The number of fused-ring (bicyclic) bond motifs is 2. The molecule has 22 heavy (non-hydrogen) atoms. The first-order valence-electron chi connectivity index (χ1n) is 7.89. The smallest absolute Gasteiger partial charge is 0.236 e. The van der Waals surface area contributed by atoms with Gasteiger partial charge in [0.2, 0.25) is 5.91 Å². The predicted octanol–water partition coefficient (Wildman–Crippen LogP) is 2.00. The Morgan fingerprint density at radius 2 is 2.23 bits per heavy atom. The molecule has 0 aromatic heterocycles. The van der Waals surface area contributed by atoms with Crippen molar-refractivity contribution in [2.24, 2.45) is 0 Å². The number of ether oxygens (including phenoxy) is 1. The Hall–Kier alpha value is -1.90. The molecule has 2 aliphatic heterocycles. The van der Waals surface area contributed by atoms with Crippen molar-refractivity contribution in [3.8, 4) is 6.07 Å². The fourth-order valence-electron chi connectivity index (χ4n) is 3.72. The third-order valence-electron chi connectivity index (χ3n) is 5.26. The minimum atomic E-state index is -0.597. The van der Waals surface area contributed by atoms with Gasteiger partial charge in [-0.2, -0.15) is 5.26 Å². The van der Waals surface area contributed by atoms with Gasteiger partial charge in [0, 0.05) is 12.2 Å². The Bertz CT molecular complexity index is 650. The van der Waals surface area contributed by atoms with Gasteiger partial charge in [-0.1, -0.05) is 18.2 Å². The molecule has 1 saturated heterocycles. The van der Waals surface area contributed by atoms with Gasteiger partial charge in [0.05, 0.1) is 17.6 Å². The normalized spacial score (nSPS) is 30.9. The molecule has 114 valence electrons. The van der Waals surface area contributed by atoms with Gasteiger partial charge in [-0.05, 0) is 37.3 Å². The molecule has 0 bridgehead atoms. The van der Waals surface area contributed by atoms with E-state index in [2.05, 4.69) is 11.4 Å². The van der Waals surface area contributed by atoms with E-state index in [4.69, 9.17) is 4.74 Å². The average molecular weight is 297 g/mol. The summed E-state index contributed by atoms with van der Waals surface area (Å²) in [5, 5.41) is 12.4. The average Bonchev–Trinajstić information content (AvgIpc) is 2.98. The molecule has 4 rings (SSSR count). The van der Waals surface area contributed by atoms with Crippen molar-refractivity contribution in [2.45, 2.75) is 43.2 Å². The van der Waals surface area contributed by atoms with Crippen molar-refractivity contribution in [3.63, 3.8) is 0 Å². The zero-order valence-electron chi connectivity index (χ0n) is 12.4. The highest BCUT2D eigenvalue weighted by molar-refractivity contribution is 6.06. The van der Waals surface area contributed by atoms with E-state index in [9.17, 15) is 10.1 Å². The molecule has 0 unspecified atom stereocenters. The van der Waals surface area contributed by atoms with Crippen molar-refractivity contribution >= 4 is 11.6 Å². The first-order chi connectivity index (χ1) is 10.7. The van der Waals surface area contributed by atoms with Crippen LogP contribution in [0.5, 0.6) is 0 Å². The highest BCUT2D eigenvalue weighted by Crippen LogP contribution is 2.46. The van der Waals surface area contributed by atoms with Crippen molar-refractivity contribution in [1.29, 1.82) is 5.26 Å². The maximum Gasteiger partial charge on any atom is 0.236 e. The quantitative estimate of drug-likeness (QED) is 0.926. The van der Waals surface area contributed by atoms with Gasteiger partial charge in [0.25, 0.3) is 0 Å². The van der Waals surface area contributed by atoms with Gasteiger partial charge in [0.15, 0.2) is 0 Å². The number of rotatable bonds is 3. The highest BCUT2D eigenvalue weighted by atomic mass is 16.5.